The van der Waals surface area contributed by atoms with Gasteiger partial charge < -0.3 is 9.47 Å². The van der Waals surface area contributed by atoms with E-state index in [0.717, 1.165) is 22.6 Å². The van der Waals surface area contributed by atoms with Crippen LogP contribution in [0.3, 0.4) is 0 Å². The number of aryl methyl sites for hydroxylation is 1. The van der Waals surface area contributed by atoms with Crippen molar-refractivity contribution in [2.45, 2.75) is 18.7 Å². The van der Waals surface area contributed by atoms with Crippen LogP contribution in [0.5, 0.6) is 11.5 Å². The zero-order valence-corrected chi connectivity index (χ0v) is 12.2. The van der Waals surface area contributed by atoms with Crippen LogP contribution in [0.2, 0.25) is 0 Å². The van der Waals surface area contributed by atoms with Gasteiger partial charge in [0, 0.05) is 11.1 Å². The molecule has 3 rings (SSSR count). The first kappa shape index (κ1) is 13.3. The summed E-state index contributed by atoms with van der Waals surface area (Å²) >= 11 is 5.98. The molecule has 2 aromatic carbocycles. The van der Waals surface area contributed by atoms with E-state index in [1.54, 1.807) is 0 Å². The topological polar surface area (TPSA) is 18.5 Å². The first-order valence-corrected chi connectivity index (χ1v) is 7.32. The zero-order valence-electron chi connectivity index (χ0n) is 11.4. The van der Waals surface area contributed by atoms with E-state index in [1.807, 2.05) is 43.3 Å². The minimum atomic E-state index is 0.286. The molecule has 1 unspecified atom stereocenters. The van der Waals surface area contributed by atoms with Crippen molar-refractivity contribution >= 4 is 11.6 Å². The SMILES string of the molecule is Cc1cccc(CCl)c1OCC1COc2ccccc21. The average Bonchev–Trinajstić information content (AvgIpc) is 2.89. The molecule has 1 aliphatic heterocycles. The fourth-order valence-electron chi connectivity index (χ4n) is 2.58. The highest BCUT2D eigenvalue weighted by Crippen LogP contribution is 2.34. The van der Waals surface area contributed by atoms with Gasteiger partial charge in [-0.1, -0.05) is 36.4 Å². The molecule has 0 N–H and O–H groups in total. The van der Waals surface area contributed by atoms with Crippen LogP contribution in [-0.2, 0) is 5.88 Å². The molecule has 0 radical (unpaired) electrons. The molecular weight excluding hydrogens is 272 g/mol. The summed E-state index contributed by atoms with van der Waals surface area (Å²) in [4.78, 5) is 0. The molecule has 0 aromatic heterocycles. The number of ether oxygens (including phenoxy) is 2. The fourth-order valence-corrected chi connectivity index (χ4v) is 2.79. The number of fused-ring (bicyclic) bond motifs is 1. The second kappa shape index (κ2) is 5.76. The summed E-state index contributed by atoms with van der Waals surface area (Å²) in [6.45, 7) is 3.34. The molecule has 0 bridgehead atoms. The highest BCUT2D eigenvalue weighted by Gasteiger charge is 2.24. The number of rotatable bonds is 4. The maximum absolute atomic E-state index is 6.04. The molecule has 0 aliphatic carbocycles. The van der Waals surface area contributed by atoms with Crippen molar-refractivity contribution in [2.75, 3.05) is 13.2 Å². The first-order valence-electron chi connectivity index (χ1n) is 6.78. The predicted octanol–water partition coefficient (Wildman–Crippen LogP) is 4.29. The lowest BCUT2D eigenvalue weighted by atomic mass is 10.0. The third-order valence-corrected chi connectivity index (χ3v) is 3.95. The van der Waals surface area contributed by atoms with Crippen molar-refractivity contribution in [3.8, 4) is 11.5 Å². The summed E-state index contributed by atoms with van der Waals surface area (Å²) in [5.74, 6) is 2.64. The Morgan fingerprint density at radius 3 is 2.90 bits per heavy atom. The number of alkyl halides is 1. The quantitative estimate of drug-likeness (QED) is 0.782. The molecular formula is C17H17ClO2. The van der Waals surface area contributed by atoms with Crippen LogP contribution in [0.1, 0.15) is 22.6 Å². The van der Waals surface area contributed by atoms with Gasteiger partial charge in [0.1, 0.15) is 11.5 Å². The lowest BCUT2D eigenvalue weighted by molar-refractivity contribution is 0.246. The van der Waals surface area contributed by atoms with Crippen LogP contribution in [0, 0.1) is 6.92 Å². The second-order valence-corrected chi connectivity index (χ2v) is 5.32. The number of para-hydroxylation sites is 2. The van der Waals surface area contributed by atoms with Crippen molar-refractivity contribution in [3.05, 3.63) is 59.2 Å². The van der Waals surface area contributed by atoms with E-state index in [2.05, 4.69) is 6.07 Å². The van der Waals surface area contributed by atoms with Crippen LogP contribution >= 0.6 is 11.6 Å². The van der Waals surface area contributed by atoms with Crippen LogP contribution in [0.15, 0.2) is 42.5 Å². The van der Waals surface area contributed by atoms with Gasteiger partial charge in [0.15, 0.2) is 0 Å². The van der Waals surface area contributed by atoms with Gasteiger partial charge in [-0.15, -0.1) is 11.6 Å². The van der Waals surface area contributed by atoms with Gasteiger partial charge in [-0.05, 0) is 18.6 Å². The molecule has 0 saturated heterocycles. The highest BCUT2D eigenvalue weighted by atomic mass is 35.5. The normalized spacial score (nSPS) is 16.6. The number of benzene rings is 2. The van der Waals surface area contributed by atoms with E-state index < -0.39 is 0 Å². The third kappa shape index (κ3) is 2.48. The molecule has 3 heteroatoms. The molecule has 1 atom stereocenters. The van der Waals surface area contributed by atoms with Crippen LogP contribution in [0.25, 0.3) is 0 Å². The van der Waals surface area contributed by atoms with E-state index in [-0.39, 0.29) is 5.92 Å². The Balaban J connectivity index is 1.75. The summed E-state index contributed by atoms with van der Waals surface area (Å²) in [5, 5.41) is 0. The number of halogens is 1. The van der Waals surface area contributed by atoms with Crippen molar-refractivity contribution < 1.29 is 9.47 Å². The molecule has 0 fully saturated rings. The van der Waals surface area contributed by atoms with E-state index in [0.29, 0.717) is 19.1 Å². The summed E-state index contributed by atoms with van der Waals surface area (Å²) in [5.41, 5.74) is 3.39. The van der Waals surface area contributed by atoms with Crippen molar-refractivity contribution in [1.82, 2.24) is 0 Å². The van der Waals surface area contributed by atoms with E-state index in [4.69, 9.17) is 21.1 Å². The number of hydrogen-bond acceptors (Lipinski definition) is 2. The van der Waals surface area contributed by atoms with Gasteiger partial charge in [-0.2, -0.15) is 0 Å². The van der Waals surface area contributed by atoms with Gasteiger partial charge in [0.05, 0.1) is 25.0 Å². The van der Waals surface area contributed by atoms with Crippen molar-refractivity contribution in [1.29, 1.82) is 0 Å². The average molecular weight is 289 g/mol. The number of hydrogen-bond donors (Lipinski definition) is 0. The van der Waals surface area contributed by atoms with E-state index >= 15 is 0 Å². The smallest absolute Gasteiger partial charge is 0.126 e. The van der Waals surface area contributed by atoms with Crippen molar-refractivity contribution in [2.24, 2.45) is 0 Å². The molecule has 20 heavy (non-hydrogen) atoms. The Morgan fingerprint density at radius 2 is 2.05 bits per heavy atom. The fraction of sp³-hybridized carbons (Fsp3) is 0.294. The summed E-state index contributed by atoms with van der Waals surface area (Å²) in [7, 11) is 0. The maximum Gasteiger partial charge on any atom is 0.126 e. The van der Waals surface area contributed by atoms with Crippen LogP contribution < -0.4 is 9.47 Å². The Morgan fingerprint density at radius 1 is 1.20 bits per heavy atom. The maximum atomic E-state index is 6.04. The van der Waals surface area contributed by atoms with Gasteiger partial charge in [-0.25, -0.2) is 0 Å². The van der Waals surface area contributed by atoms with Crippen LogP contribution in [0.4, 0.5) is 0 Å². The van der Waals surface area contributed by atoms with Gasteiger partial charge in [-0.3, -0.25) is 0 Å². The lowest BCUT2D eigenvalue weighted by Crippen LogP contribution is -2.13. The molecule has 104 valence electrons. The summed E-state index contributed by atoms with van der Waals surface area (Å²) in [6.07, 6.45) is 0. The molecule has 0 spiro atoms. The third-order valence-electron chi connectivity index (χ3n) is 3.67. The highest BCUT2D eigenvalue weighted by molar-refractivity contribution is 6.17. The lowest BCUT2D eigenvalue weighted by Gasteiger charge is -2.15. The van der Waals surface area contributed by atoms with Gasteiger partial charge >= 0.3 is 0 Å². The van der Waals surface area contributed by atoms with Crippen LogP contribution in [-0.4, -0.2) is 13.2 Å². The van der Waals surface area contributed by atoms with E-state index in [1.165, 1.54) is 5.56 Å². The van der Waals surface area contributed by atoms with Crippen molar-refractivity contribution in [3.63, 3.8) is 0 Å². The summed E-state index contributed by atoms with van der Waals surface area (Å²) < 4.78 is 11.7. The van der Waals surface area contributed by atoms with Gasteiger partial charge in [0.2, 0.25) is 0 Å². The predicted molar refractivity (Wildman–Crippen MR) is 80.9 cm³/mol. The molecule has 1 aliphatic rings. The van der Waals surface area contributed by atoms with Gasteiger partial charge in [0.25, 0.3) is 0 Å². The Labute approximate surface area is 124 Å². The zero-order chi connectivity index (χ0) is 13.9. The second-order valence-electron chi connectivity index (χ2n) is 5.05. The molecule has 0 saturated carbocycles. The Kier molecular flexibility index (Phi) is 3.83. The summed E-state index contributed by atoms with van der Waals surface area (Å²) in [6, 6.07) is 14.2. The first-order chi connectivity index (χ1) is 9.79. The molecule has 2 nitrogen and oxygen atoms in total. The molecule has 2 aromatic rings. The molecule has 1 heterocycles. The van der Waals surface area contributed by atoms with E-state index in [9.17, 15) is 0 Å². The minimum Gasteiger partial charge on any atom is -0.493 e. The minimum absolute atomic E-state index is 0.286. The standard InChI is InChI=1S/C17H17ClO2/c1-12-5-4-6-13(9-18)17(12)20-11-14-10-19-16-8-3-2-7-15(14)16/h2-8,14H,9-11H2,1H3. The Hall–Kier alpha value is -1.67. The largest absolute Gasteiger partial charge is 0.493 e. The monoisotopic (exact) mass is 288 g/mol. The molecule has 0 amide bonds. The Bertz CT molecular complexity index is 610.